The van der Waals surface area contributed by atoms with Crippen LogP contribution in [0, 0.1) is 12.8 Å². The van der Waals surface area contributed by atoms with E-state index >= 15 is 0 Å². The van der Waals surface area contributed by atoms with Gasteiger partial charge in [0.15, 0.2) is 5.78 Å². The molecule has 0 bridgehead atoms. The van der Waals surface area contributed by atoms with Crippen molar-refractivity contribution in [2.24, 2.45) is 5.92 Å². The Balaban J connectivity index is 1.47. The molecule has 3 heterocycles. The molecule has 4 atom stereocenters. The molecular formula is C26H31ClN2O3. The first-order valence-electron chi connectivity index (χ1n) is 11.8. The highest BCUT2D eigenvalue weighted by Crippen LogP contribution is 2.36. The van der Waals surface area contributed by atoms with E-state index in [1.807, 2.05) is 0 Å². The van der Waals surface area contributed by atoms with Crippen LogP contribution in [-0.4, -0.2) is 64.8 Å². The zero-order valence-electron chi connectivity index (χ0n) is 18.6. The van der Waals surface area contributed by atoms with Crippen LogP contribution in [0.3, 0.4) is 0 Å². The molecular weight excluding hydrogens is 424 g/mol. The fourth-order valence-electron chi connectivity index (χ4n) is 5.82. The van der Waals surface area contributed by atoms with Gasteiger partial charge in [0.1, 0.15) is 24.8 Å². The number of likely N-dealkylation sites (tertiary alicyclic amines) is 1. The van der Waals surface area contributed by atoms with Crippen molar-refractivity contribution in [3.63, 3.8) is 0 Å². The van der Waals surface area contributed by atoms with Crippen molar-refractivity contribution in [3.05, 3.63) is 53.7 Å². The monoisotopic (exact) mass is 454 g/mol. The number of nitrogens with zero attached hydrogens (tertiary/aromatic N) is 2. The summed E-state index contributed by atoms with van der Waals surface area (Å²) >= 11 is 6.50. The van der Waals surface area contributed by atoms with Crippen LogP contribution in [-0.2, 0) is 14.3 Å². The number of Topliss-reactive ketones (excluding diaryl/α,β-unsaturated/α-hetero) is 1. The number of halogens is 1. The number of alkyl halides is 1. The standard InChI is InChI=1S/C26H31ClN2O3/c1-17-7-5-10-19(13-17)20-11-6-12-28(14-20)23(18-8-3-2-4-9-18)26(31)29-15-21(27)25-24(29)22(30)16-32-25/h5-7,10-11,13-14,18,21,23-25H,2-4,8-9,12,15-16H2,1H3/t21-,23-,24+,25+/m0/s1. The Morgan fingerprint density at radius 2 is 2.03 bits per heavy atom. The van der Waals surface area contributed by atoms with Gasteiger partial charge in [0.2, 0.25) is 5.91 Å². The Kier molecular flexibility index (Phi) is 6.13. The third-order valence-electron chi connectivity index (χ3n) is 7.38. The van der Waals surface area contributed by atoms with Crippen molar-refractivity contribution < 1.29 is 14.3 Å². The van der Waals surface area contributed by atoms with E-state index in [4.69, 9.17) is 16.3 Å². The SMILES string of the molecule is Cc1cccc(C2=CN([C@H](C(=O)N3C[C@H](Cl)[C@H]4OCC(=O)[C@H]43)C3CCCCC3)CC=C2)c1. The van der Waals surface area contributed by atoms with Crippen molar-refractivity contribution in [2.75, 3.05) is 19.7 Å². The van der Waals surface area contributed by atoms with Gasteiger partial charge < -0.3 is 14.5 Å². The Morgan fingerprint density at radius 1 is 1.22 bits per heavy atom. The van der Waals surface area contributed by atoms with E-state index < -0.39 is 6.04 Å². The van der Waals surface area contributed by atoms with Crippen LogP contribution in [0.1, 0.15) is 43.2 Å². The Bertz CT molecular complexity index is 952. The van der Waals surface area contributed by atoms with Crippen molar-refractivity contribution in [1.29, 1.82) is 0 Å². The molecule has 32 heavy (non-hydrogen) atoms. The first-order valence-corrected chi connectivity index (χ1v) is 12.3. The number of carbonyl (C=O) groups is 2. The molecule has 1 aliphatic carbocycles. The normalized spacial score (nSPS) is 29.2. The highest BCUT2D eigenvalue weighted by atomic mass is 35.5. The second kappa shape index (κ2) is 9.03. The minimum atomic E-state index is -0.531. The molecule has 5 rings (SSSR count). The Labute approximate surface area is 195 Å². The lowest BCUT2D eigenvalue weighted by Gasteiger charge is -2.40. The van der Waals surface area contributed by atoms with Gasteiger partial charge >= 0.3 is 0 Å². The number of ether oxygens (including phenoxy) is 1. The lowest BCUT2D eigenvalue weighted by Crippen LogP contribution is -2.54. The Morgan fingerprint density at radius 3 is 2.81 bits per heavy atom. The molecule has 5 nitrogen and oxygen atoms in total. The molecule has 0 spiro atoms. The smallest absolute Gasteiger partial charge is 0.246 e. The molecule has 1 saturated carbocycles. The predicted molar refractivity (Wildman–Crippen MR) is 125 cm³/mol. The summed E-state index contributed by atoms with van der Waals surface area (Å²) in [5.41, 5.74) is 3.48. The minimum absolute atomic E-state index is 0.0246. The summed E-state index contributed by atoms with van der Waals surface area (Å²) in [5, 5.41) is -0.331. The lowest BCUT2D eigenvalue weighted by atomic mass is 9.82. The van der Waals surface area contributed by atoms with Gasteiger partial charge in [-0.05, 0) is 36.8 Å². The summed E-state index contributed by atoms with van der Waals surface area (Å²) < 4.78 is 5.63. The number of rotatable bonds is 4. The predicted octanol–water partition coefficient (Wildman–Crippen LogP) is 3.94. The van der Waals surface area contributed by atoms with Gasteiger partial charge in [0.25, 0.3) is 0 Å². The van der Waals surface area contributed by atoms with Crippen molar-refractivity contribution in [1.82, 2.24) is 9.80 Å². The van der Waals surface area contributed by atoms with Crippen LogP contribution in [0.25, 0.3) is 5.57 Å². The van der Waals surface area contributed by atoms with Crippen LogP contribution in [0.15, 0.2) is 42.6 Å². The van der Waals surface area contributed by atoms with Gasteiger partial charge in [0.05, 0.1) is 5.38 Å². The number of hydrogen-bond donors (Lipinski definition) is 0. The summed E-state index contributed by atoms with van der Waals surface area (Å²) in [4.78, 5) is 30.5. The van der Waals surface area contributed by atoms with Crippen LogP contribution in [0.4, 0.5) is 0 Å². The van der Waals surface area contributed by atoms with Crippen molar-refractivity contribution in [3.8, 4) is 0 Å². The van der Waals surface area contributed by atoms with Gasteiger partial charge in [-0.2, -0.15) is 0 Å². The third-order valence-corrected chi connectivity index (χ3v) is 7.77. The van der Waals surface area contributed by atoms with Crippen molar-refractivity contribution in [2.45, 2.75) is 62.6 Å². The summed E-state index contributed by atoms with van der Waals surface area (Å²) in [6.07, 6.45) is 11.7. The molecule has 2 saturated heterocycles. The van der Waals surface area contributed by atoms with E-state index in [9.17, 15) is 9.59 Å². The van der Waals surface area contributed by atoms with Gasteiger partial charge in [0, 0.05) is 19.3 Å². The average Bonchev–Trinajstić information content (AvgIpc) is 3.35. The maximum absolute atomic E-state index is 14.0. The van der Waals surface area contributed by atoms with Crippen molar-refractivity contribution >= 4 is 28.9 Å². The maximum Gasteiger partial charge on any atom is 0.246 e. The first-order chi connectivity index (χ1) is 15.5. The molecule has 0 aromatic heterocycles. The number of fused-ring (bicyclic) bond motifs is 1. The largest absolute Gasteiger partial charge is 0.366 e. The maximum atomic E-state index is 14.0. The molecule has 1 aromatic carbocycles. The first kappa shape index (κ1) is 21.7. The van der Waals surface area contributed by atoms with Crippen LogP contribution in [0.5, 0.6) is 0 Å². The van der Waals surface area contributed by atoms with E-state index in [1.165, 1.54) is 12.0 Å². The van der Waals surface area contributed by atoms with Crippen LogP contribution >= 0.6 is 11.6 Å². The number of hydrogen-bond acceptors (Lipinski definition) is 4. The van der Waals surface area contributed by atoms with E-state index in [1.54, 1.807) is 4.90 Å². The van der Waals surface area contributed by atoms with E-state index in [0.717, 1.165) is 36.8 Å². The Hall–Kier alpha value is -2.11. The van der Waals surface area contributed by atoms with Gasteiger partial charge in [-0.3, -0.25) is 9.59 Å². The van der Waals surface area contributed by atoms with E-state index in [-0.39, 0.29) is 41.7 Å². The topological polar surface area (TPSA) is 49.9 Å². The third kappa shape index (κ3) is 4.01. The number of carbonyl (C=O) groups excluding carboxylic acids is 2. The molecule has 0 unspecified atom stereocenters. The number of benzene rings is 1. The zero-order valence-corrected chi connectivity index (χ0v) is 19.3. The van der Waals surface area contributed by atoms with E-state index in [0.29, 0.717) is 13.1 Å². The number of aryl methyl sites for hydroxylation is 1. The summed E-state index contributed by atoms with van der Waals surface area (Å²) in [6, 6.07) is 7.64. The molecule has 0 radical (unpaired) electrons. The molecule has 3 fully saturated rings. The zero-order chi connectivity index (χ0) is 22.2. The van der Waals surface area contributed by atoms with Crippen LogP contribution < -0.4 is 0 Å². The molecule has 6 heteroatoms. The summed E-state index contributed by atoms with van der Waals surface area (Å²) in [7, 11) is 0. The lowest BCUT2D eigenvalue weighted by molar-refractivity contribution is -0.142. The minimum Gasteiger partial charge on any atom is -0.366 e. The van der Waals surface area contributed by atoms with Gasteiger partial charge in [-0.1, -0.05) is 61.2 Å². The fourth-order valence-corrected chi connectivity index (χ4v) is 6.18. The second-order valence-corrected chi connectivity index (χ2v) is 10.1. The quantitative estimate of drug-likeness (QED) is 0.646. The summed E-state index contributed by atoms with van der Waals surface area (Å²) in [6.45, 7) is 3.22. The van der Waals surface area contributed by atoms with Gasteiger partial charge in [-0.25, -0.2) is 0 Å². The number of ketones is 1. The molecule has 4 aliphatic rings. The molecule has 1 amide bonds. The second-order valence-electron chi connectivity index (χ2n) is 9.59. The van der Waals surface area contributed by atoms with Crippen LogP contribution in [0.2, 0.25) is 0 Å². The fraction of sp³-hybridized carbons (Fsp3) is 0.538. The van der Waals surface area contributed by atoms with E-state index in [2.05, 4.69) is 54.4 Å². The van der Waals surface area contributed by atoms with Gasteiger partial charge in [-0.15, -0.1) is 11.6 Å². The molecule has 1 aromatic rings. The highest BCUT2D eigenvalue weighted by Gasteiger charge is 2.53. The molecule has 0 N–H and O–H groups in total. The molecule has 170 valence electrons. The molecule has 3 aliphatic heterocycles. The average molecular weight is 455 g/mol. The number of allylic oxidation sites excluding steroid dienone is 2. The summed E-state index contributed by atoms with van der Waals surface area (Å²) in [5.74, 6) is 0.287. The highest BCUT2D eigenvalue weighted by molar-refractivity contribution is 6.22. The number of amides is 1.